The normalized spacial score (nSPS) is 26.6. The summed E-state index contributed by atoms with van der Waals surface area (Å²) in [4.78, 5) is 0. The first-order valence-corrected chi connectivity index (χ1v) is 7.98. The van der Waals surface area contributed by atoms with Crippen LogP contribution < -0.4 is 0 Å². The van der Waals surface area contributed by atoms with Crippen LogP contribution in [0.5, 0.6) is 0 Å². The summed E-state index contributed by atoms with van der Waals surface area (Å²) in [6, 6.07) is 0. The summed E-state index contributed by atoms with van der Waals surface area (Å²) < 4.78 is 38.3. The van der Waals surface area contributed by atoms with E-state index >= 15 is 0 Å². The van der Waals surface area contributed by atoms with Crippen molar-refractivity contribution in [2.45, 2.75) is 12.0 Å². The lowest BCUT2D eigenvalue weighted by molar-refractivity contribution is 0.114. The zero-order chi connectivity index (χ0) is 10.8. The van der Waals surface area contributed by atoms with E-state index in [1.165, 1.54) is 21.3 Å². The van der Waals surface area contributed by atoms with Crippen LogP contribution in [-0.4, -0.2) is 50.1 Å². The molecule has 0 spiro atoms. The van der Waals surface area contributed by atoms with Gasteiger partial charge in [-0.2, -0.15) is 0 Å². The zero-order valence-electron chi connectivity index (χ0n) is 8.65. The molecule has 5 nitrogen and oxygen atoms in total. The van der Waals surface area contributed by atoms with Crippen LogP contribution >= 0.6 is 0 Å². The van der Waals surface area contributed by atoms with Crippen LogP contribution in [0.3, 0.4) is 0 Å². The predicted molar refractivity (Wildman–Crippen MR) is 53.8 cm³/mol. The van der Waals surface area contributed by atoms with Crippen LogP contribution in [0.15, 0.2) is 0 Å². The highest BCUT2D eigenvalue weighted by Crippen LogP contribution is 2.34. The topological polar surface area (TPSA) is 61.8 Å². The Hall–Kier alpha value is 0.0469. The SMILES string of the molecule is CO[Si](OC)(OC)C1CCS(=O)(=O)C1. The molecule has 0 aromatic rings. The van der Waals surface area contributed by atoms with E-state index in [4.69, 9.17) is 13.3 Å². The highest BCUT2D eigenvalue weighted by molar-refractivity contribution is 7.91. The van der Waals surface area contributed by atoms with Crippen molar-refractivity contribution in [3.8, 4) is 0 Å². The molecule has 84 valence electrons. The van der Waals surface area contributed by atoms with Gasteiger partial charge in [-0.15, -0.1) is 0 Å². The molecule has 1 rings (SSSR count). The summed E-state index contributed by atoms with van der Waals surface area (Å²) in [5.74, 6) is 0.331. The van der Waals surface area contributed by atoms with Gasteiger partial charge in [0.05, 0.1) is 11.5 Å². The second kappa shape index (κ2) is 4.27. The van der Waals surface area contributed by atoms with Crippen molar-refractivity contribution in [1.82, 2.24) is 0 Å². The third-order valence-corrected chi connectivity index (χ3v) is 7.85. The zero-order valence-corrected chi connectivity index (χ0v) is 10.5. The monoisotopic (exact) mass is 240 g/mol. The number of sulfone groups is 1. The molecule has 1 atom stereocenters. The van der Waals surface area contributed by atoms with Crippen molar-refractivity contribution in [1.29, 1.82) is 0 Å². The van der Waals surface area contributed by atoms with Crippen molar-refractivity contribution in [2.75, 3.05) is 32.8 Å². The predicted octanol–water partition coefficient (Wildman–Crippen LogP) is 0.0532. The molecule has 0 aromatic carbocycles. The van der Waals surface area contributed by atoms with Gasteiger partial charge in [0.1, 0.15) is 0 Å². The van der Waals surface area contributed by atoms with Crippen molar-refractivity contribution in [3.05, 3.63) is 0 Å². The summed E-state index contributed by atoms with van der Waals surface area (Å²) >= 11 is 0. The fourth-order valence-corrected chi connectivity index (χ4v) is 7.20. The van der Waals surface area contributed by atoms with Gasteiger partial charge in [0, 0.05) is 26.9 Å². The Morgan fingerprint density at radius 3 is 1.93 bits per heavy atom. The smallest absolute Gasteiger partial charge is 0.377 e. The van der Waals surface area contributed by atoms with Crippen LogP contribution in [-0.2, 0) is 23.1 Å². The molecule has 1 saturated heterocycles. The van der Waals surface area contributed by atoms with E-state index in [1.807, 2.05) is 0 Å². The first-order valence-electron chi connectivity index (χ1n) is 4.35. The molecule has 0 aromatic heterocycles. The second-order valence-corrected chi connectivity index (χ2v) is 8.79. The van der Waals surface area contributed by atoms with Gasteiger partial charge in [-0.1, -0.05) is 0 Å². The summed E-state index contributed by atoms with van der Waals surface area (Å²) in [6.07, 6.45) is 0.573. The van der Waals surface area contributed by atoms with E-state index in [1.54, 1.807) is 0 Å². The van der Waals surface area contributed by atoms with Crippen LogP contribution in [0.4, 0.5) is 0 Å². The van der Waals surface area contributed by atoms with Gasteiger partial charge in [0.25, 0.3) is 0 Å². The van der Waals surface area contributed by atoms with Gasteiger partial charge >= 0.3 is 8.80 Å². The highest BCUT2D eigenvalue weighted by atomic mass is 32.2. The average Bonchev–Trinajstić information content (AvgIpc) is 2.51. The van der Waals surface area contributed by atoms with E-state index in [-0.39, 0.29) is 17.0 Å². The molecule has 0 aliphatic carbocycles. The van der Waals surface area contributed by atoms with Gasteiger partial charge in [-0.3, -0.25) is 0 Å². The molecule has 1 heterocycles. The van der Waals surface area contributed by atoms with Gasteiger partial charge < -0.3 is 13.3 Å². The fraction of sp³-hybridized carbons (Fsp3) is 1.00. The first kappa shape index (κ1) is 12.1. The molecule has 1 aliphatic rings. The molecule has 0 bridgehead atoms. The number of hydrogen-bond acceptors (Lipinski definition) is 5. The molecule has 14 heavy (non-hydrogen) atoms. The van der Waals surface area contributed by atoms with E-state index in [9.17, 15) is 8.42 Å². The largest absolute Gasteiger partial charge is 0.504 e. The van der Waals surface area contributed by atoms with E-state index in [0.717, 1.165) is 0 Å². The summed E-state index contributed by atoms with van der Waals surface area (Å²) in [6.45, 7) is 0. The summed E-state index contributed by atoms with van der Waals surface area (Å²) in [5, 5.41) is 0. The van der Waals surface area contributed by atoms with Crippen molar-refractivity contribution < 1.29 is 21.7 Å². The van der Waals surface area contributed by atoms with Gasteiger partial charge in [0.15, 0.2) is 9.84 Å². The van der Waals surface area contributed by atoms with Crippen molar-refractivity contribution in [3.63, 3.8) is 0 Å². The molecule has 0 saturated carbocycles. The molecular formula is C7H16O5SSi. The fourth-order valence-electron chi connectivity index (χ4n) is 1.82. The Labute approximate surface area is 85.6 Å². The summed E-state index contributed by atoms with van der Waals surface area (Å²) in [5.41, 5.74) is -0.118. The Morgan fingerprint density at radius 2 is 1.64 bits per heavy atom. The number of hydrogen-bond donors (Lipinski definition) is 0. The minimum absolute atomic E-state index is 0.118. The Balaban J connectivity index is 2.82. The lowest BCUT2D eigenvalue weighted by Gasteiger charge is -2.28. The third-order valence-electron chi connectivity index (χ3n) is 2.59. The molecule has 7 heteroatoms. The molecular weight excluding hydrogens is 224 g/mol. The van der Waals surface area contributed by atoms with Crippen LogP contribution in [0.25, 0.3) is 0 Å². The van der Waals surface area contributed by atoms with E-state index < -0.39 is 18.6 Å². The summed E-state index contributed by atoms with van der Waals surface area (Å²) in [7, 11) is -1.15. The van der Waals surface area contributed by atoms with Crippen LogP contribution in [0.1, 0.15) is 6.42 Å². The molecule has 1 aliphatic heterocycles. The minimum atomic E-state index is -2.91. The molecule has 1 unspecified atom stereocenters. The van der Waals surface area contributed by atoms with Crippen molar-refractivity contribution >= 4 is 18.6 Å². The van der Waals surface area contributed by atoms with E-state index in [2.05, 4.69) is 0 Å². The van der Waals surface area contributed by atoms with E-state index in [0.29, 0.717) is 6.42 Å². The minimum Gasteiger partial charge on any atom is -0.377 e. The van der Waals surface area contributed by atoms with Crippen molar-refractivity contribution in [2.24, 2.45) is 0 Å². The van der Waals surface area contributed by atoms with Crippen LogP contribution in [0.2, 0.25) is 5.54 Å². The Kier molecular flexibility index (Phi) is 3.70. The Bertz CT molecular complexity index is 276. The molecule has 0 radical (unpaired) electrons. The Morgan fingerprint density at radius 1 is 1.14 bits per heavy atom. The van der Waals surface area contributed by atoms with Crippen LogP contribution in [0, 0.1) is 0 Å². The van der Waals surface area contributed by atoms with Gasteiger partial charge in [-0.25, -0.2) is 8.42 Å². The second-order valence-electron chi connectivity index (χ2n) is 3.32. The lowest BCUT2D eigenvalue weighted by Crippen LogP contribution is -2.48. The average molecular weight is 240 g/mol. The standard InChI is InChI=1S/C7H16O5SSi/c1-10-14(11-2,12-3)7-4-5-13(8,9)6-7/h7H,4-6H2,1-3H3. The third kappa shape index (κ3) is 2.17. The maximum absolute atomic E-state index is 11.3. The maximum Gasteiger partial charge on any atom is 0.504 e. The van der Waals surface area contributed by atoms with Gasteiger partial charge in [-0.05, 0) is 6.42 Å². The maximum atomic E-state index is 11.3. The molecule has 0 N–H and O–H groups in total. The quantitative estimate of drug-likeness (QED) is 0.650. The highest BCUT2D eigenvalue weighted by Gasteiger charge is 2.51. The lowest BCUT2D eigenvalue weighted by atomic mass is 10.4. The first-order chi connectivity index (χ1) is 6.49. The molecule has 1 fully saturated rings. The number of rotatable bonds is 4. The van der Waals surface area contributed by atoms with Gasteiger partial charge in [0.2, 0.25) is 0 Å². The molecule has 0 amide bonds.